The van der Waals surface area contributed by atoms with Crippen LogP contribution in [0, 0.1) is 0 Å². The zero-order chi connectivity index (χ0) is 36.6. The molecule has 10 rings (SSSR count). The molecule has 10 aromatic rings. The molecule has 0 saturated carbocycles. The monoisotopic (exact) mass is 714 g/mol. The number of benzene rings is 10. The summed E-state index contributed by atoms with van der Waals surface area (Å²) < 4.78 is 0. The van der Waals surface area contributed by atoms with E-state index in [1.165, 1.54) is 86.4 Å². The van der Waals surface area contributed by atoms with Crippen LogP contribution in [-0.4, -0.2) is 8.07 Å². The Balaban J connectivity index is 1.20. The van der Waals surface area contributed by atoms with E-state index < -0.39 is 8.07 Å². The van der Waals surface area contributed by atoms with Crippen molar-refractivity contribution in [3.63, 3.8) is 0 Å². The van der Waals surface area contributed by atoms with Crippen LogP contribution in [-0.2, 0) is 0 Å². The van der Waals surface area contributed by atoms with Crippen LogP contribution in [0.3, 0.4) is 0 Å². The maximum atomic E-state index is 2.42. The minimum Gasteiger partial charge on any atom is -0.0623 e. The van der Waals surface area contributed by atoms with Crippen LogP contribution in [0.15, 0.2) is 231 Å². The highest BCUT2D eigenvalue weighted by atomic mass is 28.3. The fraction of sp³-hybridized carbons (Fsp3) is 0. The molecule has 0 aromatic heterocycles. The van der Waals surface area contributed by atoms with Gasteiger partial charge >= 0.3 is 0 Å². The quantitative estimate of drug-likeness (QED) is 0.0876. The standard InChI is InChI=1S/C54H38Si/c1-4-20-43(21-5-1)55(44-22-6-2-7-23-44,45-24-8-3-9-25-45)46-36-34-40(35-37-46)53-49-28-14-16-30-51(49)54(52-31-17-15-29-50(52)53)48-27-13-12-26-47(48)42-33-32-39-18-10-11-19-41(39)38-42/h1-38H. The molecule has 0 aliphatic carbocycles. The third-order valence-electron chi connectivity index (χ3n) is 11.4. The van der Waals surface area contributed by atoms with E-state index in [2.05, 4.69) is 231 Å². The van der Waals surface area contributed by atoms with Crippen molar-refractivity contribution in [3.8, 4) is 33.4 Å². The Hall–Kier alpha value is -6.80. The summed E-state index contributed by atoms with van der Waals surface area (Å²) in [6.45, 7) is 0. The summed E-state index contributed by atoms with van der Waals surface area (Å²) in [5, 5.41) is 13.1. The van der Waals surface area contributed by atoms with Crippen molar-refractivity contribution in [1.29, 1.82) is 0 Å². The first-order valence-corrected chi connectivity index (χ1v) is 21.1. The van der Waals surface area contributed by atoms with E-state index in [0.29, 0.717) is 0 Å². The van der Waals surface area contributed by atoms with Crippen molar-refractivity contribution in [3.05, 3.63) is 231 Å². The third-order valence-corrected chi connectivity index (χ3v) is 16.2. The molecule has 0 spiro atoms. The Morgan fingerprint density at radius 2 is 0.618 bits per heavy atom. The average molecular weight is 715 g/mol. The molecule has 258 valence electrons. The second-order valence-corrected chi connectivity index (χ2v) is 18.2. The molecule has 0 aliphatic heterocycles. The fourth-order valence-electron chi connectivity index (χ4n) is 8.99. The van der Waals surface area contributed by atoms with Gasteiger partial charge in [0.2, 0.25) is 0 Å². The van der Waals surface area contributed by atoms with Crippen molar-refractivity contribution in [1.82, 2.24) is 0 Å². The van der Waals surface area contributed by atoms with Crippen LogP contribution in [0.1, 0.15) is 0 Å². The van der Waals surface area contributed by atoms with Crippen LogP contribution in [0.2, 0.25) is 0 Å². The maximum absolute atomic E-state index is 2.64. The van der Waals surface area contributed by atoms with Gasteiger partial charge in [-0.25, -0.2) is 0 Å². The second-order valence-electron chi connectivity index (χ2n) is 14.4. The predicted octanol–water partition coefficient (Wildman–Crippen LogP) is 11.5. The summed E-state index contributed by atoms with van der Waals surface area (Å²) in [7, 11) is -2.64. The SMILES string of the molecule is c1ccc([Si](c2ccccc2)(c2ccccc2)c2ccc(-c3c4ccccc4c(-c4ccccc4-c4ccc5ccccc5c4)c4ccccc34)cc2)cc1. The smallest absolute Gasteiger partial charge is 0.0623 e. The molecular formula is C54H38Si. The topological polar surface area (TPSA) is 0 Å². The molecule has 1 heteroatoms. The molecule has 0 amide bonds. The molecule has 0 aliphatic rings. The predicted molar refractivity (Wildman–Crippen MR) is 239 cm³/mol. The van der Waals surface area contributed by atoms with E-state index in [1.54, 1.807) is 0 Å². The lowest BCUT2D eigenvalue weighted by Gasteiger charge is -2.34. The lowest BCUT2D eigenvalue weighted by atomic mass is 9.84. The van der Waals surface area contributed by atoms with Gasteiger partial charge in [-0.15, -0.1) is 0 Å². The molecule has 0 unspecified atom stereocenters. The first-order valence-electron chi connectivity index (χ1n) is 19.1. The number of hydrogen-bond donors (Lipinski definition) is 0. The molecule has 0 heterocycles. The number of hydrogen-bond acceptors (Lipinski definition) is 0. The Labute approximate surface area is 323 Å². The average Bonchev–Trinajstić information content (AvgIpc) is 3.27. The number of fused-ring (bicyclic) bond motifs is 3. The van der Waals surface area contributed by atoms with Gasteiger partial charge in [-0.1, -0.05) is 224 Å². The first-order chi connectivity index (χ1) is 27.3. The maximum Gasteiger partial charge on any atom is 0.179 e. The zero-order valence-electron chi connectivity index (χ0n) is 30.4. The molecule has 0 radical (unpaired) electrons. The highest BCUT2D eigenvalue weighted by Crippen LogP contribution is 2.46. The van der Waals surface area contributed by atoms with Crippen LogP contribution in [0.25, 0.3) is 65.7 Å². The first kappa shape index (κ1) is 32.8. The third kappa shape index (κ3) is 5.52. The lowest BCUT2D eigenvalue weighted by molar-refractivity contribution is 1.62. The molecular weight excluding hydrogens is 677 g/mol. The summed E-state index contributed by atoms with van der Waals surface area (Å²) in [6.07, 6.45) is 0. The van der Waals surface area contributed by atoms with Gasteiger partial charge in [0, 0.05) is 0 Å². The van der Waals surface area contributed by atoms with Gasteiger partial charge in [0.1, 0.15) is 0 Å². The number of rotatable bonds is 7. The lowest BCUT2D eigenvalue weighted by Crippen LogP contribution is -2.74. The highest BCUT2D eigenvalue weighted by Gasteiger charge is 2.41. The van der Waals surface area contributed by atoms with E-state index in [9.17, 15) is 0 Å². The van der Waals surface area contributed by atoms with Crippen molar-refractivity contribution >= 4 is 61.1 Å². The molecule has 0 N–H and O–H groups in total. The molecule has 0 saturated heterocycles. The van der Waals surface area contributed by atoms with Crippen LogP contribution < -0.4 is 20.7 Å². The van der Waals surface area contributed by atoms with E-state index in [-0.39, 0.29) is 0 Å². The van der Waals surface area contributed by atoms with Crippen LogP contribution >= 0.6 is 0 Å². The molecule has 0 nitrogen and oxygen atoms in total. The Kier molecular flexibility index (Phi) is 8.28. The van der Waals surface area contributed by atoms with E-state index in [0.717, 1.165) is 0 Å². The van der Waals surface area contributed by atoms with Gasteiger partial charge in [0.25, 0.3) is 0 Å². The Bertz CT molecular complexity index is 2800. The summed E-state index contributed by atoms with van der Waals surface area (Å²) in [6, 6.07) is 85.5. The summed E-state index contributed by atoms with van der Waals surface area (Å²) in [5.74, 6) is 0. The summed E-state index contributed by atoms with van der Waals surface area (Å²) >= 11 is 0. The summed E-state index contributed by atoms with van der Waals surface area (Å²) in [4.78, 5) is 0. The Morgan fingerprint density at radius 1 is 0.236 bits per heavy atom. The van der Waals surface area contributed by atoms with Gasteiger partial charge in [0.15, 0.2) is 8.07 Å². The minimum absolute atomic E-state index is 1.22. The van der Waals surface area contributed by atoms with Crippen molar-refractivity contribution in [2.24, 2.45) is 0 Å². The zero-order valence-corrected chi connectivity index (χ0v) is 31.4. The van der Waals surface area contributed by atoms with Gasteiger partial charge in [0.05, 0.1) is 0 Å². The normalized spacial score (nSPS) is 11.6. The highest BCUT2D eigenvalue weighted by molar-refractivity contribution is 7.19. The van der Waals surface area contributed by atoms with Gasteiger partial charge in [-0.05, 0) is 92.5 Å². The fourth-order valence-corrected chi connectivity index (χ4v) is 13.7. The molecule has 10 aromatic carbocycles. The van der Waals surface area contributed by atoms with E-state index >= 15 is 0 Å². The van der Waals surface area contributed by atoms with Crippen molar-refractivity contribution in [2.45, 2.75) is 0 Å². The largest absolute Gasteiger partial charge is 0.179 e. The van der Waals surface area contributed by atoms with Gasteiger partial charge in [-0.3, -0.25) is 0 Å². The van der Waals surface area contributed by atoms with Crippen LogP contribution in [0.4, 0.5) is 0 Å². The molecule has 0 fully saturated rings. The minimum atomic E-state index is -2.64. The van der Waals surface area contributed by atoms with Crippen molar-refractivity contribution in [2.75, 3.05) is 0 Å². The van der Waals surface area contributed by atoms with Crippen LogP contribution in [0.5, 0.6) is 0 Å². The van der Waals surface area contributed by atoms with Gasteiger partial charge in [-0.2, -0.15) is 0 Å². The summed E-state index contributed by atoms with van der Waals surface area (Å²) in [5.41, 5.74) is 7.49. The second kappa shape index (κ2) is 13.9. The molecule has 0 atom stereocenters. The molecule has 0 bridgehead atoms. The van der Waals surface area contributed by atoms with Crippen molar-refractivity contribution < 1.29 is 0 Å². The van der Waals surface area contributed by atoms with E-state index in [1.807, 2.05) is 0 Å². The Morgan fingerprint density at radius 3 is 1.15 bits per heavy atom. The van der Waals surface area contributed by atoms with E-state index in [4.69, 9.17) is 0 Å². The van der Waals surface area contributed by atoms with Gasteiger partial charge < -0.3 is 0 Å². The molecule has 55 heavy (non-hydrogen) atoms.